The van der Waals surface area contributed by atoms with Gasteiger partial charge in [-0.05, 0) is 42.3 Å². The summed E-state index contributed by atoms with van der Waals surface area (Å²) in [6.45, 7) is 2.74. The first-order valence-electron chi connectivity index (χ1n) is 10.3. The molecule has 33 heavy (non-hydrogen) atoms. The Hall–Kier alpha value is -3.64. The minimum absolute atomic E-state index is 0.0750. The van der Waals surface area contributed by atoms with Crippen molar-refractivity contribution in [3.8, 4) is 17.3 Å². The number of likely N-dealkylation sites (tertiary alicyclic amines) is 1. The van der Waals surface area contributed by atoms with Gasteiger partial charge in [0.15, 0.2) is 0 Å². The fraction of sp³-hybridized carbons (Fsp3) is 0.292. The summed E-state index contributed by atoms with van der Waals surface area (Å²) in [5.41, 5.74) is 3.49. The molecule has 6 nitrogen and oxygen atoms in total. The van der Waals surface area contributed by atoms with Crippen LogP contribution in [0.1, 0.15) is 44.5 Å². The van der Waals surface area contributed by atoms with Gasteiger partial charge in [0.1, 0.15) is 0 Å². The Labute approximate surface area is 188 Å². The monoisotopic (exact) mass is 454 g/mol. The highest BCUT2D eigenvalue weighted by molar-refractivity contribution is 5.96. The molecule has 2 heterocycles. The van der Waals surface area contributed by atoms with Crippen LogP contribution in [-0.4, -0.2) is 41.0 Å². The lowest BCUT2D eigenvalue weighted by molar-refractivity contribution is -0.144. The van der Waals surface area contributed by atoms with Crippen LogP contribution in [0.25, 0.3) is 11.3 Å². The number of nitrogens with one attached hydrogen (secondary N) is 1. The first-order chi connectivity index (χ1) is 15.7. The Bertz CT molecular complexity index is 1220. The van der Waals surface area contributed by atoms with Gasteiger partial charge in [-0.2, -0.15) is 18.4 Å². The van der Waals surface area contributed by atoms with Gasteiger partial charge in [-0.25, -0.2) is 4.98 Å². The summed E-state index contributed by atoms with van der Waals surface area (Å²) in [6, 6.07) is 14.3. The predicted molar refractivity (Wildman–Crippen MR) is 114 cm³/mol. The van der Waals surface area contributed by atoms with Crippen LogP contribution < -0.4 is 0 Å². The van der Waals surface area contributed by atoms with Crippen molar-refractivity contribution in [2.45, 2.75) is 25.6 Å². The van der Waals surface area contributed by atoms with Crippen molar-refractivity contribution in [3.05, 3.63) is 76.2 Å². The number of aryl methyl sites for hydroxylation is 1. The number of methoxy groups -OCH3 is 1. The molecular weight excluding hydrogens is 433 g/mol. The van der Waals surface area contributed by atoms with E-state index < -0.39 is 12.0 Å². The van der Waals surface area contributed by atoms with E-state index in [1.165, 1.54) is 7.11 Å². The van der Waals surface area contributed by atoms with Crippen molar-refractivity contribution in [2.24, 2.45) is 0 Å². The maximum Gasteiger partial charge on any atom is 0.449 e. The molecule has 3 aromatic rings. The highest BCUT2D eigenvalue weighted by Crippen LogP contribution is 2.34. The van der Waals surface area contributed by atoms with Crippen molar-refractivity contribution in [2.75, 3.05) is 20.2 Å². The standard InChI is InChI=1S/C24H21F3N4O2/c1-14-3-6-17(9-19(14)21-20(13-33-2)29-23(30-21)24(25,26)27)22(32)31-11-18(12-31)16-7-4-15(10-28)5-8-16/h3-9,18H,11-13H2,1-2H3,(H,29,30). The average Bonchev–Trinajstić information content (AvgIpc) is 3.18. The number of aromatic amines is 1. The molecule has 1 aliphatic rings. The molecule has 9 heteroatoms. The predicted octanol–water partition coefficient (Wildman–Crippen LogP) is 4.66. The van der Waals surface area contributed by atoms with Gasteiger partial charge in [0, 0.05) is 37.2 Å². The van der Waals surface area contributed by atoms with Crippen LogP contribution in [0, 0.1) is 18.3 Å². The molecule has 1 aliphatic heterocycles. The van der Waals surface area contributed by atoms with E-state index in [1.807, 2.05) is 12.1 Å². The summed E-state index contributed by atoms with van der Waals surface area (Å²) in [5, 5.41) is 8.92. The molecule has 1 N–H and O–H groups in total. The molecule has 0 unspecified atom stereocenters. The maximum atomic E-state index is 13.2. The van der Waals surface area contributed by atoms with E-state index >= 15 is 0 Å². The van der Waals surface area contributed by atoms with Gasteiger partial charge < -0.3 is 14.6 Å². The van der Waals surface area contributed by atoms with E-state index in [4.69, 9.17) is 10.00 Å². The number of hydrogen-bond acceptors (Lipinski definition) is 4. The van der Waals surface area contributed by atoms with Crippen molar-refractivity contribution in [1.82, 2.24) is 14.9 Å². The number of carbonyl (C=O) groups is 1. The zero-order valence-corrected chi connectivity index (χ0v) is 18.0. The summed E-state index contributed by atoms with van der Waals surface area (Å²) in [7, 11) is 1.39. The van der Waals surface area contributed by atoms with E-state index in [0.717, 1.165) is 5.56 Å². The minimum atomic E-state index is -4.62. The molecule has 1 amide bonds. The molecule has 4 rings (SSSR count). The van der Waals surface area contributed by atoms with Crippen LogP contribution in [-0.2, 0) is 17.5 Å². The molecule has 0 radical (unpaired) electrons. The number of H-pyrrole nitrogens is 1. The summed E-state index contributed by atoms with van der Waals surface area (Å²) >= 11 is 0. The van der Waals surface area contributed by atoms with E-state index in [9.17, 15) is 18.0 Å². The van der Waals surface area contributed by atoms with Crippen molar-refractivity contribution in [1.29, 1.82) is 5.26 Å². The molecule has 1 saturated heterocycles. The summed E-state index contributed by atoms with van der Waals surface area (Å²) in [6.07, 6.45) is -4.62. The van der Waals surface area contributed by atoms with Gasteiger partial charge in [0.05, 0.1) is 29.6 Å². The Balaban J connectivity index is 1.56. The highest BCUT2D eigenvalue weighted by Gasteiger charge is 2.36. The lowest BCUT2D eigenvalue weighted by Crippen LogP contribution is -2.48. The number of halogens is 3. The lowest BCUT2D eigenvalue weighted by atomic mass is 9.90. The largest absolute Gasteiger partial charge is 0.449 e. The molecule has 0 aliphatic carbocycles. The van der Waals surface area contributed by atoms with E-state index in [0.29, 0.717) is 35.3 Å². The van der Waals surface area contributed by atoms with Crippen LogP contribution in [0.2, 0.25) is 0 Å². The fourth-order valence-electron chi connectivity index (χ4n) is 3.89. The third-order valence-electron chi connectivity index (χ3n) is 5.76. The van der Waals surface area contributed by atoms with Gasteiger partial charge in [-0.15, -0.1) is 0 Å². The van der Waals surface area contributed by atoms with Crippen LogP contribution in [0.15, 0.2) is 42.5 Å². The van der Waals surface area contributed by atoms with Gasteiger partial charge in [0.2, 0.25) is 5.82 Å². The lowest BCUT2D eigenvalue weighted by Gasteiger charge is -2.39. The van der Waals surface area contributed by atoms with Gasteiger partial charge in [0.25, 0.3) is 5.91 Å². The Morgan fingerprint density at radius 3 is 2.55 bits per heavy atom. The summed E-state index contributed by atoms with van der Waals surface area (Å²) in [5.74, 6) is -1.12. The number of benzene rings is 2. The van der Waals surface area contributed by atoms with Gasteiger partial charge in [-0.3, -0.25) is 4.79 Å². The molecule has 0 spiro atoms. The van der Waals surface area contributed by atoms with Crippen molar-refractivity contribution in [3.63, 3.8) is 0 Å². The summed E-state index contributed by atoms with van der Waals surface area (Å²) in [4.78, 5) is 20.8. The van der Waals surface area contributed by atoms with Crippen molar-refractivity contribution < 1.29 is 22.7 Å². The maximum absolute atomic E-state index is 13.2. The molecule has 1 aromatic heterocycles. The molecule has 0 saturated carbocycles. The van der Waals surface area contributed by atoms with Crippen LogP contribution in [0.4, 0.5) is 13.2 Å². The van der Waals surface area contributed by atoms with E-state index in [2.05, 4.69) is 16.0 Å². The number of nitriles is 1. The van der Waals surface area contributed by atoms with Crippen LogP contribution in [0.3, 0.4) is 0 Å². The number of ether oxygens (including phenoxy) is 1. The molecule has 1 fully saturated rings. The molecule has 0 bridgehead atoms. The number of nitrogens with zero attached hydrogens (tertiary/aromatic N) is 3. The van der Waals surface area contributed by atoms with Crippen LogP contribution >= 0.6 is 0 Å². The molecule has 2 aromatic carbocycles. The number of rotatable bonds is 5. The van der Waals surface area contributed by atoms with E-state index in [-0.39, 0.29) is 29.8 Å². The number of imidazole rings is 1. The van der Waals surface area contributed by atoms with Crippen molar-refractivity contribution >= 4 is 5.91 Å². The molecular formula is C24H21F3N4O2. The topological polar surface area (TPSA) is 82.0 Å². The smallest absolute Gasteiger partial charge is 0.378 e. The second-order valence-electron chi connectivity index (χ2n) is 8.01. The van der Waals surface area contributed by atoms with E-state index in [1.54, 1.807) is 42.2 Å². The second kappa shape index (κ2) is 8.71. The third-order valence-corrected chi connectivity index (χ3v) is 5.76. The average molecular weight is 454 g/mol. The van der Waals surface area contributed by atoms with Gasteiger partial charge >= 0.3 is 6.18 Å². The highest BCUT2D eigenvalue weighted by atomic mass is 19.4. The Morgan fingerprint density at radius 2 is 1.94 bits per heavy atom. The normalized spacial score (nSPS) is 14.1. The quantitative estimate of drug-likeness (QED) is 0.608. The third kappa shape index (κ3) is 4.47. The Kier molecular flexibility index (Phi) is 5.95. The minimum Gasteiger partial charge on any atom is -0.378 e. The SMILES string of the molecule is COCc1[nH]c(C(F)(F)F)nc1-c1cc(C(=O)N2CC(c3ccc(C#N)cc3)C2)ccc1C. The Morgan fingerprint density at radius 1 is 1.24 bits per heavy atom. The summed E-state index contributed by atoms with van der Waals surface area (Å²) < 4.78 is 44.7. The number of hydrogen-bond donors (Lipinski definition) is 1. The second-order valence-corrected chi connectivity index (χ2v) is 8.01. The fourth-order valence-corrected chi connectivity index (χ4v) is 3.89. The number of amides is 1. The number of aromatic nitrogens is 2. The molecule has 0 atom stereocenters. The van der Waals surface area contributed by atoms with Crippen LogP contribution in [0.5, 0.6) is 0 Å². The number of alkyl halides is 3. The zero-order valence-electron chi connectivity index (χ0n) is 18.0. The molecule has 170 valence electrons. The number of carbonyl (C=O) groups excluding carboxylic acids is 1. The zero-order chi connectivity index (χ0) is 23.8. The van der Waals surface area contributed by atoms with Gasteiger partial charge in [-0.1, -0.05) is 18.2 Å². The first-order valence-corrected chi connectivity index (χ1v) is 10.3. The first kappa shape index (κ1) is 22.6.